The fraction of sp³-hybridized carbons (Fsp3) is 0.429. The van der Waals surface area contributed by atoms with Gasteiger partial charge in [-0.15, -0.1) is 0 Å². The molecule has 6 aromatic rings. The van der Waals surface area contributed by atoms with E-state index in [0.717, 1.165) is 0 Å². The van der Waals surface area contributed by atoms with Crippen LogP contribution in [0.15, 0.2) is 110 Å². The van der Waals surface area contributed by atoms with Crippen LogP contribution in [-0.2, 0) is 10.8 Å². The van der Waals surface area contributed by atoms with Crippen LogP contribution in [-0.4, -0.2) is 13.2 Å². The molecule has 3 nitrogen and oxygen atoms in total. The van der Waals surface area contributed by atoms with Crippen molar-refractivity contribution in [2.24, 2.45) is 0 Å². The molecule has 0 amide bonds. The lowest BCUT2D eigenvalue weighted by molar-refractivity contribution is 0.586. The zero-order valence-electron chi connectivity index (χ0n) is 30.3. The lowest BCUT2D eigenvalue weighted by Gasteiger charge is -2.18. The topological polar surface area (TPSA) is 13.2 Å². The van der Waals surface area contributed by atoms with E-state index in [1.807, 2.05) is 41.5 Å². The summed E-state index contributed by atoms with van der Waals surface area (Å²) in [5, 5.41) is 0. The van der Waals surface area contributed by atoms with Crippen molar-refractivity contribution < 1.29 is 0 Å². The lowest BCUT2D eigenvalue weighted by atomic mass is 9.88. The smallest absolute Gasteiger partial charge is 0.0484 e. The van der Waals surface area contributed by atoms with Gasteiger partial charge in [-0.05, 0) is 94.1 Å². The Morgan fingerprint density at radius 1 is 0.489 bits per heavy atom. The van der Waals surface area contributed by atoms with Gasteiger partial charge in [-0.2, -0.15) is 0 Å². The summed E-state index contributed by atoms with van der Waals surface area (Å²) in [6.07, 6.45) is 12.7. The van der Waals surface area contributed by atoms with Gasteiger partial charge in [0.05, 0.1) is 0 Å². The number of nitrogens with zero attached hydrogens (tertiary/aromatic N) is 3. The van der Waals surface area contributed by atoms with E-state index in [2.05, 4.69) is 179 Å². The highest BCUT2D eigenvalue weighted by atomic mass is 14.9. The first-order valence-corrected chi connectivity index (χ1v) is 16.6. The first kappa shape index (κ1) is 41.3. The van der Waals surface area contributed by atoms with E-state index in [4.69, 9.17) is 0 Å². The molecule has 0 fully saturated rings. The monoisotopic (exact) mass is 612 g/mol. The van der Waals surface area contributed by atoms with Crippen molar-refractivity contribution in [1.29, 1.82) is 0 Å². The highest BCUT2D eigenvalue weighted by molar-refractivity contribution is 5.56. The van der Waals surface area contributed by atoms with Crippen molar-refractivity contribution >= 4 is 16.6 Å². The zero-order valence-corrected chi connectivity index (χ0v) is 30.3. The van der Waals surface area contributed by atoms with Gasteiger partial charge in [-0.1, -0.05) is 116 Å². The van der Waals surface area contributed by atoms with Crippen LogP contribution in [0.1, 0.15) is 127 Å². The highest BCUT2D eigenvalue weighted by Crippen LogP contribution is 2.24. The van der Waals surface area contributed by atoms with Gasteiger partial charge in [0.1, 0.15) is 0 Å². The van der Waals surface area contributed by atoms with E-state index in [-0.39, 0.29) is 18.3 Å². The Morgan fingerprint density at radius 3 is 1.53 bits per heavy atom. The molecule has 0 spiro atoms. The molecule has 6 heterocycles. The fourth-order valence-corrected chi connectivity index (χ4v) is 4.56. The lowest BCUT2D eigenvalue weighted by Crippen LogP contribution is -2.11. The van der Waals surface area contributed by atoms with E-state index in [1.165, 1.54) is 33.2 Å². The van der Waals surface area contributed by atoms with Crippen LogP contribution in [0.25, 0.3) is 16.6 Å². The summed E-state index contributed by atoms with van der Waals surface area (Å²) >= 11 is 0. The maximum Gasteiger partial charge on any atom is 0.0484 e. The first-order chi connectivity index (χ1) is 20.9. The van der Waals surface area contributed by atoms with E-state index in [1.54, 1.807) is 0 Å². The van der Waals surface area contributed by atoms with Crippen LogP contribution in [0.3, 0.4) is 0 Å². The molecule has 0 saturated heterocycles. The van der Waals surface area contributed by atoms with Crippen molar-refractivity contribution in [3.8, 4) is 0 Å². The molecule has 0 unspecified atom stereocenters. The van der Waals surface area contributed by atoms with Crippen LogP contribution >= 0.6 is 0 Å². The molecular formula is C42H65N3. The maximum atomic E-state index is 2.25. The minimum atomic E-state index is 0. The Bertz CT molecular complexity index is 1530. The molecule has 6 rings (SSSR count). The number of hydrogen-bond acceptors (Lipinski definition) is 0. The average molecular weight is 612 g/mol. The Kier molecular flexibility index (Phi) is 18.0. The average Bonchev–Trinajstić information content (AvgIpc) is 3.80. The second kappa shape index (κ2) is 19.6. The Hall–Kier alpha value is -3.72. The maximum absolute atomic E-state index is 2.25. The number of fused-ring (bicyclic) bond motifs is 3. The third kappa shape index (κ3) is 12.0. The predicted molar refractivity (Wildman–Crippen MR) is 204 cm³/mol. The summed E-state index contributed by atoms with van der Waals surface area (Å²) in [7, 11) is 0. The zero-order chi connectivity index (χ0) is 33.5. The molecule has 45 heavy (non-hydrogen) atoms. The Balaban J connectivity index is 0.000000589. The Morgan fingerprint density at radius 2 is 0.978 bits per heavy atom. The molecule has 6 aromatic heterocycles. The standard InChI is InChI=1S/2C12H15N.C11H13N.3C2H6.CH4/c1-12(2,3)10-6-7-11-5-4-8-13(11)9-10;1-12(2,3)10-6-8-13-7-4-5-11(13)9-10;1-9(2)10-5-3-7-12-8-4-6-11(10)12;3*1-2;/h2*4-9H,1-3H3;3-9H,1-2H3;3*1-2H3;1H4. The van der Waals surface area contributed by atoms with E-state index < -0.39 is 0 Å². The largest absolute Gasteiger partial charge is 0.324 e. The molecular weight excluding hydrogens is 546 g/mol. The summed E-state index contributed by atoms with van der Waals surface area (Å²) in [6, 6.07) is 25.7. The van der Waals surface area contributed by atoms with E-state index in [9.17, 15) is 0 Å². The number of hydrogen-bond donors (Lipinski definition) is 0. The van der Waals surface area contributed by atoms with Gasteiger partial charge in [0.15, 0.2) is 0 Å². The molecule has 3 heteroatoms. The van der Waals surface area contributed by atoms with Gasteiger partial charge >= 0.3 is 0 Å². The van der Waals surface area contributed by atoms with Gasteiger partial charge in [0.2, 0.25) is 0 Å². The van der Waals surface area contributed by atoms with Crippen molar-refractivity contribution in [2.45, 2.75) is 121 Å². The van der Waals surface area contributed by atoms with E-state index in [0.29, 0.717) is 5.92 Å². The molecule has 0 radical (unpaired) electrons. The van der Waals surface area contributed by atoms with Gasteiger partial charge in [0, 0.05) is 53.7 Å². The number of aromatic nitrogens is 3. The molecule has 0 aromatic carbocycles. The van der Waals surface area contributed by atoms with Crippen LogP contribution in [0.4, 0.5) is 0 Å². The van der Waals surface area contributed by atoms with Crippen molar-refractivity contribution in [3.05, 3.63) is 127 Å². The Labute approximate surface area is 277 Å². The van der Waals surface area contributed by atoms with Crippen LogP contribution < -0.4 is 0 Å². The molecule has 0 aliphatic carbocycles. The van der Waals surface area contributed by atoms with Crippen molar-refractivity contribution in [2.75, 3.05) is 0 Å². The molecule has 248 valence electrons. The van der Waals surface area contributed by atoms with Crippen molar-refractivity contribution in [3.63, 3.8) is 0 Å². The first-order valence-electron chi connectivity index (χ1n) is 16.6. The minimum absolute atomic E-state index is 0. The molecule has 0 saturated carbocycles. The third-order valence-corrected chi connectivity index (χ3v) is 7.00. The number of pyridine rings is 3. The highest BCUT2D eigenvalue weighted by Gasteiger charge is 2.14. The second-order valence-corrected chi connectivity index (χ2v) is 12.4. The summed E-state index contributed by atoms with van der Waals surface area (Å²) < 4.78 is 6.46. The second-order valence-electron chi connectivity index (χ2n) is 12.4. The third-order valence-electron chi connectivity index (χ3n) is 7.00. The fourth-order valence-electron chi connectivity index (χ4n) is 4.56. The van der Waals surface area contributed by atoms with Crippen LogP contribution in [0.2, 0.25) is 0 Å². The molecule has 0 aliphatic heterocycles. The molecule has 0 bridgehead atoms. The van der Waals surface area contributed by atoms with Gasteiger partial charge in [0.25, 0.3) is 0 Å². The van der Waals surface area contributed by atoms with Gasteiger partial charge in [-0.25, -0.2) is 0 Å². The molecule has 0 N–H and O–H groups in total. The van der Waals surface area contributed by atoms with Crippen LogP contribution in [0, 0.1) is 0 Å². The number of rotatable bonds is 1. The van der Waals surface area contributed by atoms with E-state index >= 15 is 0 Å². The molecule has 0 atom stereocenters. The SMILES string of the molecule is C.CC.CC.CC.CC(C)(C)c1ccc2cccn2c1.CC(C)(C)c1ccn2cccc2c1.CC(C)c1cccn2cccc12. The predicted octanol–water partition coefficient (Wildman–Crippen LogP) is 13.3. The van der Waals surface area contributed by atoms with Crippen LogP contribution in [0.5, 0.6) is 0 Å². The summed E-state index contributed by atoms with van der Waals surface area (Å²) in [6.45, 7) is 29.9. The van der Waals surface area contributed by atoms with Gasteiger partial charge in [-0.3, -0.25) is 0 Å². The summed E-state index contributed by atoms with van der Waals surface area (Å²) in [4.78, 5) is 0. The quantitative estimate of drug-likeness (QED) is 0.175. The summed E-state index contributed by atoms with van der Waals surface area (Å²) in [5.74, 6) is 0.601. The minimum Gasteiger partial charge on any atom is -0.324 e. The van der Waals surface area contributed by atoms with Gasteiger partial charge < -0.3 is 13.2 Å². The molecule has 0 aliphatic rings. The normalized spacial score (nSPS) is 10.5. The van der Waals surface area contributed by atoms with Crippen molar-refractivity contribution in [1.82, 2.24) is 13.2 Å². The summed E-state index contributed by atoms with van der Waals surface area (Å²) in [5.41, 5.74) is 8.51.